The molecule has 0 unspecified atom stereocenters. The summed E-state index contributed by atoms with van der Waals surface area (Å²) >= 11 is 0. The van der Waals surface area contributed by atoms with Crippen LogP contribution in [0.3, 0.4) is 0 Å². The first kappa shape index (κ1) is 16.4. The molecule has 128 valence electrons. The van der Waals surface area contributed by atoms with Crippen LogP contribution in [0.5, 0.6) is 17.4 Å². The number of carbonyl (C=O) groups is 1. The van der Waals surface area contributed by atoms with E-state index >= 15 is 0 Å². The van der Waals surface area contributed by atoms with Crippen molar-refractivity contribution in [2.45, 2.75) is 0 Å². The summed E-state index contributed by atoms with van der Waals surface area (Å²) in [5.74, 6) is 0.942. The van der Waals surface area contributed by atoms with E-state index < -0.39 is 5.97 Å². The topological polar surface area (TPSA) is 88.4 Å². The van der Waals surface area contributed by atoms with Crippen LogP contribution in [-0.2, 0) is 16.6 Å². The molecule has 0 saturated carbocycles. The van der Waals surface area contributed by atoms with Crippen molar-refractivity contribution in [1.82, 2.24) is 19.7 Å². The number of benzene rings is 1. The Kier molecular flexibility index (Phi) is 4.60. The number of hydrogen-bond donors (Lipinski definition) is 0. The van der Waals surface area contributed by atoms with Crippen LogP contribution in [0, 0.1) is 0 Å². The van der Waals surface area contributed by atoms with Crippen LogP contribution in [0.4, 0.5) is 0 Å². The molecule has 0 aliphatic carbocycles. The van der Waals surface area contributed by atoms with E-state index in [1.165, 1.54) is 26.6 Å². The van der Waals surface area contributed by atoms with Crippen LogP contribution in [0.2, 0.25) is 0 Å². The fourth-order valence-electron chi connectivity index (χ4n) is 2.23. The molecule has 2 heterocycles. The first-order valence-corrected chi connectivity index (χ1v) is 7.37. The maximum Gasteiger partial charge on any atom is 0.330 e. The van der Waals surface area contributed by atoms with Crippen molar-refractivity contribution in [2.24, 2.45) is 7.05 Å². The summed E-state index contributed by atoms with van der Waals surface area (Å²) in [5, 5.41) is 4.85. The van der Waals surface area contributed by atoms with Crippen molar-refractivity contribution in [1.29, 1.82) is 0 Å². The fourth-order valence-corrected chi connectivity index (χ4v) is 2.23. The second-order valence-corrected chi connectivity index (χ2v) is 5.05. The van der Waals surface area contributed by atoms with E-state index in [9.17, 15) is 4.79 Å². The molecule has 8 nitrogen and oxygen atoms in total. The van der Waals surface area contributed by atoms with Crippen molar-refractivity contribution in [3.63, 3.8) is 0 Å². The highest BCUT2D eigenvalue weighted by Crippen LogP contribution is 2.34. The minimum Gasteiger partial charge on any atom is -0.493 e. The molecule has 0 aliphatic rings. The number of nitrogens with zero attached hydrogens (tertiary/aromatic N) is 4. The van der Waals surface area contributed by atoms with Gasteiger partial charge in [-0.2, -0.15) is 5.10 Å². The lowest BCUT2D eigenvalue weighted by Crippen LogP contribution is -1.96. The Bertz CT molecular complexity index is 949. The lowest BCUT2D eigenvalue weighted by Gasteiger charge is -2.10. The lowest BCUT2D eigenvalue weighted by atomic mass is 10.2. The summed E-state index contributed by atoms with van der Waals surface area (Å²) in [6.45, 7) is 0. The smallest absolute Gasteiger partial charge is 0.330 e. The van der Waals surface area contributed by atoms with Gasteiger partial charge in [-0.3, -0.25) is 4.68 Å². The minimum atomic E-state index is -0.431. The van der Waals surface area contributed by atoms with Gasteiger partial charge in [0.1, 0.15) is 11.7 Å². The van der Waals surface area contributed by atoms with Crippen molar-refractivity contribution in [2.75, 3.05) is 14.2 Å². The number of aryl methyl sites for hydroxylation is 1. The van der Waals surface area contributed by atoms with Crippen LogP contribution < -0.4 is 9.47 Å². The van der Waals surface area contributed by atoms with Gasteiger partial charge >= 0.3 is 5.97 Å². The van der Waals surface area contributed by atoms with Crippen molar-refractivity contribution >= 4 is 23.1 Å². The van der Waals surface area contributed by atoms with Gasteiger partial charge in [0.15, 0.2) is 17.1 Å². The Balaban J connectivity index is 1.91. The molecule has 25 heavy (non-hydrogen) atoms. The Hall–Kier alpha value is -3.42. The van der Waals surface area contributed by atoms with Gasteiger partial charge in [-0.1, -0.05) is 6.07 Å². The number of ether oxygens (including phenoxy) is 3. The first-order valence-electron chi connectivity index (χ1n) is 7.37. The van der Waals surface area contributed by atoms with E-state index in [2.05, 4.69) is 19.8 Å². The van der Waals surface area contributed by atoms with Gasteiger partial charge in [0.05, 0.1) is 20.4 Å². The lowest BCUT2D eigenvalue weighted by molar-refractivity contribution is -0.134. The maximum atomic E-state index is 11.2. The molecule has 3 aromatic rings. The van der Waals surface area contributed by atoms with Gasteiger partial charge in [-0.15, -0.1) is 0 Å². The molecule has 8 heteroatoms. The maximum absolute atomic E-state index is 11.2. The molecule has 2 aromatic heterocycles. The first-order chi connectivity index (χ1) is 12.1. The standard InChI is InChI=1S/C17H16N4O4/c1-21-16-12(9-20-21)17(19-10-18-16)25-13-6-4-11(8-14(13)23-2)5-7-15(22)24-3/h4-10H,1-3H3/b7-5+. The van der Waals surface area contributed by atoms with Crippen LogP contribution in [0.15, 0.2) is 36.8 Å². The molecule has 0 atom stereocenters. The Morgan fingerprint density at radius 3 is 2.80 bits per heavy atom. The molecule has 0 amide bonds. The average molecular weight is 340 g/mol. The van der Waals surface area contributed by atoms with Crippen molar-refractivity contribution in [3.8, 4) is 17.4 Å². The normalized spacial score (nSPS) is 11.0. The summed E-state index contributed by atoms with van der Waals surface area (Å²) in [5.41, 5.74) is 1.44. The number of methoxy groups -OCH3 is 2. The zero-order valence-electron chi connectivity index (χ0n) is 14.0. The number of aromatic nitrogens is 4. The van der Waals surface area contributed by atoms with Gasteiger partial charge in [0.2, 0.25) is 5.88 Å². The molecular weight excluding hydrogens is 324 g/mol. The number of rotatable bonds is 5. The molecule has 3 rings (SSSR count). The largest absolute Gasteiger partial charge is 0.493 e. The number of fused-ring (bicyclic) bond motifs is 1. The number of carbonyl (C=O) groups excluding carboxylic acids is 1. The van der Waals surface area contributed by atoms with Crippen LogP contribution in [0.1, 0.15) is 5.56 Å². The van der Waals surface area contributed by atoms with E-state index in [1.54, 1.807) is 42.2 Å². The van der Waals surface area contributed by atoms with Gasteiger partial charge in [0, 0.05) is 13.1 Å². The number of esters is 1. The molecule has 0 aliphatic heterocycles. The molecule has 1 aromatic carbocycles. The quantitative estimate of drug-likeness (QED) is 0.520. The van der Waals surface area contributed by atoms with Gasteiger partial charge in [-0.25, -0.2) is 14.8 Å². The highest BCUT2D eigenvalue weighted by atomic mass is 16.5. The predicted octanol–water partition coefficient (Wildman–Crippen LogP) is 2.35. The Morgan fingerprint density at radius 2 is 2.04 bits per heavy atom. The highest BCUT2D eigenvalue weighted by molar-refractivity contribution is 5.87. The SMILES string of the molecule is COC(=O)/C=C/c1ccc(Oc2ncnc3c2cnn3C)c(OC)c1. The number of hydrogen-bond acceptors (Lipinski definition) is 7. The van der Waals surface area contributed by atoms with Crippen LogP contribution in [0.25, 0.3) is 17.1 Å². The van der Waals surface area contributed by atoms with Crippen LogP contribution >= 0.6 is 0 Å². The highest BCUT2D eigenvalue weighted by Gasteiger charge is 2.13. The summed E-state index contributed by atoms with van der Waals surface area (Å²) in [7, 11) is 4.66. The molecular formula is C17H16N4O4. The third-order valence-electron chi connectivity index (χ3n) is 3.50. The third-order valence-corrected chi connectivity index (χ3v) is 3.50. The second-order valence-electron chi connectivity index (χ2n) is 5.05. The van der Waals surface area contributed by atoms with Crippen molar-refractivity contribution in [3.05, 3.63) is 42.4 Å². The minimum absolute atomic E-state index is 0.384. The van der Waals surface area contributed by atoms with Gasteiger partial charge < -0.3 is 14.2 Å². The fraction of sp³-hybridized carbons (Fsp3) is 0.176. The van der Waals surface area contributed by atoms with E-state index in [0.29, 0.717) is 28.4 Å². The monoisotopic (exact) mass is 340 g/mol. The molecule has 0 radical (unpaired) electrons. The molecule has 0 fully saturated rings. The molecule has 0 bridgehead atoms. The van der Waals surface area contributed by atoms with E-state index in [1.807, 2.05) is 0 Å². The van der Waals surface area contributed by atoms with E-state index in [0.717, 1.165) is 5.56 Å². The van der Waals surface area contributed by atoms with E-state index in [4.69, 9.17) is 9.47 Å². The summed E-state index contributed by atoms with van der Waals surface area (Å²) in [4.78, 5) is 19.5. The molecule has 0 saturated heterocycles. The predicted molar refractivity (Wildman–Crippen MR) is 90.4 cm³/mol. The average Bonchev–Trinajstić information content (AvgIpc) is 3.02. The summed E-state index contributed by atoms with van der Waals surface area (Å²) in [6, 6.07) is 5.27. The van der Waals surface area contributed by atoms with Gasteiger partial charge in [0.25, 0.3) is 0 Å². The zero-order valence-corrected chi connectivity index (χ0v) is 14.0. The van der Waals surface area contributed by atoms with E-state index in [-0.39, 0.29) is 0 Å². The Morgan fingerprint density at radius 1 is 1.20 bits per heavy atom. The van der Waals surface area contributed by atoms with Gasteiger partial charge in [-0.05, 0) is 23.8 Å². The zero-order chi connectivity index (χ0) is 17.8. The summed E-state index contributed by atoms with van der Waals surface area (Å²) in [6.07, 6.45) is 6.02. The summed E-state index contributed by atoms with van der Waals surface area (Å²) < 4.78 is 17.5. The molecule has 0 N–H and O–H groups in total. The molecule has 0 spiro atoms. The Labute approximate surface area is 143 Å². The van der Waals surface area contributed by atoms with Crippen molar-refractivity contribution < 1.29 is 19.0 Å². The second kappa shape index (κ2) is 7.00. The third kappa shape index (κ3) is 3.42. The van der Waals surface area contributed by atoms with Crippen LogP contribution in [-0.4, -0.2) is 39.9 Å².